The zero-order chi connectivity index (χ0) is 21.9. The second kappa shape index (κ2) is 12.3. The van der Waals surface area contributed by atoms with Crippen LogP contribution in [0.25, 0.3) is 0 Å². The van der Waals surface area contributed by atoms with E-state index in [0.29, 0.717) is 0 Å². The Morgan fingerprint density at radius 3 is 1.69 bits per heavy atom. The molecular weight excluding hydrogens is 415 g/mol. The molecule has 1 unspecified atom stereocenters. The Morgan fingerprint density at radius 2 is 1.31 bits per heavy atom. The number of hydrogen-bond donors (Lipinski definition) is 0. The molecule has 1 atom stereocenters. The van der Waals surface area contributed by atoms with Gasteiger partial charge in [-0.3, -0.25) is 4.18 Å². The van der Waals surface area contributed by atoms with Crippen LogP contribution in [0.3, 0.4) is 0 Å². The third-order valence-corrected chi connectivity index (χ3v) is 5.15. The summed E-state index contributed by atoms with van der Waals surface area (Å²) in [5.74, 6) is -1.02. The quantitative estimate of drug-likeness (QED) is 0.369. The van der Waals surface area contributed by atoms with Crippen LogP contribution in [0.2, 0.25) is 0 Å². The van der Waals surface area contributed by atoms with Gasteiger partial charge in [0.1, 0.15) is 0 Å². The molecule has 7 nitrogen and oxygen atoms in total. The van der Waals surface area contributed by atoms with Crippen molar-refractivity contribution in [1.29, 1.82) is 0 Å². The maximum Gasteiger partial charge on any atom is 0.338 e. The maximum absolute atomic E-state index is 11.5. The minimum Gasteiger partial charge on any atom is -0.462 e. The van der Waals surface area contributed by atoms with Crippen LogP contribution in [0.15, 0.2) is 53.4 Å². The van der Waals surface area contributed by atoms with Gasteiger partial charge in [0, 0.05) is 0 Å². The molecule has 2 aromatic rings. The van der Waals surface area contributed by atoms with Crippen LogP contribution < -0.4 is 0 Å². The van der Waals surface area contributed by atoms with Crippen LogP contribution in [0, 0.1) is 6.92 Å². The number of hydrogen-bond acceptors (Lipinski definition) is 7. The van der Waals surface area contributed by atoms with E-state index in [1.165, 1.54) is 12.1 Å². The van der Waals surface area contributed by atoms with Crippen molar-refractivity contribution in [2.45, 2.75) is 25.7 Å². The topological polar surface area (TPSA) is 96.0 Å². The summed E-state index contributed by atoms with van der Waals surface area (Å²) in [6, 6.07) is 13.0. The fourth-order valence-corrected chi connectivity index (χ4v) is 3.44. The minimum absolute atomic E-state index is 0.0796. The SMILES string of the molecule is CCOC(=O)c1ccccc1C(=O)OCC.Cc1ccc(S(=O)(=O)OCP)cc1. The first-order valence-electron chi connectivity index (χ1n) is 8.86. The van der Waals surface area contributed by atoms with Crippen molar-refractivity contribution < 1.29 is 31.7 Å². The van der Waals surface area contributed by atoms with Gasteiger partial charge in [0.2, 0.25) is 0 Å². The molecular formula is C20H25O7PS. The largest absolute Gasteiger partial charge is 0.462 e. The van der Waals surface area contributed by atoms with E-state index in [0.717, 1.165) is 5.56 Å². The number of rotatable bonds is 7. The van der Waals surface area contributed by atoms with Gasteiger partial charge in [-0.05, 0) is 45.0 Å². The van der Waals surface area contributed by atoms with Gasteiger partial charge in [-0.25, -0.2) is 9.59 Å². The number of ether oxygens (including phenoxy) is 2. The first-order valence-corrected chi connectivity index (χ1v) is 11.1. The number of esters is 2. The van der Waals surface area contributed by atoms with Crippen molar-refractivity contribution in [1.82, 2.24) is 0 Å². The Labute approximate surface area is 173 Å². The van der Waals surface area contributed by atoms with Crippen molar-refractivity contribution >= 4 is 31.3 Å². The Hall–Kier alpha value is -2.28. The number of aryl methyl sites for hydroxylation is 1. The summed E-state index contributed by atoms with van der Waals surface area (Å²) in [7, 11) is -1.35. The van der Waals surface area contributed by atoms with Crippen LogP contribution in [-0.4, -0.2) is 39.9 Å². The van der Waals surface area contributed by atoms with Gasteiger partial charge in [0.25, 0.3) is 10.1 Å². The molecule has 2 aromatic carbocycles. The fourth-order valence-electron chi connectivity index (χ4n) is 2.12. The van der Waals surface area contributed by atoms with Crippen LogP contribution in [0.5, 0.6) is 0 Å². The van der Waals surface area contributed by atoms with Crippen LogP contribution in [-0.2, 0) is 23.8 Å². The standard InChI is InChI=1S/C12H14O4.C8H11O3PS/c1-3-15-11(13)9-7-5-6-8-10(9)12(14)16-4-2;1-7-2-4-8(5-3-7)13(9,10)11-6-12/h5-8H,3-4H2,1-2H3;2-5H,6,12H2,1H3. The van der Waals surface area contributed by atoms with E-state index in [1.807, 2.05) is 6.92 Å². The Morgan fingerprint density at radius 1 is 0.862 bits per heavy atom. The zero-order valence-corrected chi connectivity index (χ0v) is 18.6. The summed E-state index contributed by atoms with van der Waals surface area (Å²) < 4.78 is 36.9. The smallest absolute Gasteiger partial charge is 0.338 e. The van der Waals surface area contributed by atoms with Gasteiger partial charge < -0.3 is 9.47 Å². The van der Waals surface area contributed by atoms with Crippen molar-refractivity contribution in [2.24, 2.45) is 0 Å². The van der Waals surface area contributed by atoms with Crippen LogP contribution >= 0.6 is 9.24 Å². The monoisotopic (exact) mass is 440 g/mol. The molecule has 0 saturated carbocycles. The van der Waals surface area contributed by atoms with Gasteiger partial charge in [0.05, 0.1) is 35.6 Å². The van der Waals surface area contributed by atoms with Crippen molar-refractivity contribution in [3.63, 3.8) is 0 Å². The maximum atomic E-state index is 11.5. The zero-order valence-electron chi connectivity index (χ0n) is 16.6. The van der Waals surface area contributed by atoms with E-state index in [4.69, 9.17) is 9.47 Å². The summed E-state index contributed by atoms with van der Waals surface area (Å²) >= 11 is 0. The molecule has 29 heavy (non-hydrogen) atoms. The second-order valence-corrected chi connectivity index (χ2v) is 7.49. The normalized spacial score (nSPS) is 10.5. The molecule has 0 aliphatic carbocycles. The molecule has 0 heterocycles. The Bertz CT molecular complexity index is 872. The molecule has 0 radical (unpaired) electrons. The van der Waals surface area contributed by atoms with Crippen molar-refractivity contribution in [3.05, 3.63) is 65.2 Å². The van der Waals surface area contributed by atoms with E-state index in [-0.39, 0.29) is 35.6 Å². The molecule has 158 valence electrons. The average molecular weight is 440 g/mol. The molecule has 9 heteroatoms. The molecule has 0 N–H and O–H groups in total. The predicted molar refractivity (Wildman–Crippen MR) is 112 cm³/mol. The molecule has 0 aliphatic rings. The highest BCUT2D eigenvalue weighted by Gasteiger charge is 2.18. The van der Waals surface area contributed by atoms with Crippen molar-refractivity contribution in [2.75, 3.05) is 19.6 Å². The summed E-state index contributed by atoms with van der Waals surface area (Å²) in [4.78, 5) is 23.3. The van der Waals surface area contributed by atoms with Crippen LogP contribution in [0.4, 0.5) is 0 Å². The summed E-state index contributed by atoms with van der Waals surface area (Å²) in [6.45, 7) is 5.87. The van der Waals surface area contributed by atoms with E-state index >= 15 is 0 Å². The predicted octanol–water partition coefficient (Wildman–Crippen LogP) is 3.57. The van der Waals surface area contributed by atoms with E-state index < -0.39 is 22.1 Å². The Kier molecular flexibility index (Phi) is 10.5. The van der Waals surface area contributed by atoms with Crippen molar-refractivity contribution in [3.8, 4) is 0 Å². The molecule has 0 aromatic heterocycles. The van der Waals surface area contributed by atoms with E-state index in [2.05, 4.69) is 13.4 Å². The number of carbonyl (C=O) groups excluding carboxylic acids is 2. The van der Waals surface area contributed by atoms with E-state index in [1.54, 1.807) is 50.2 Å². The highest BCUT2D eigenvalue weighted by molar-refractivity contribution is 7.86. The molecule has 0 spiro atoms. The van der Waals surface area contributed by atoms with Gasteiger partial charge in [0.15, 0.2) is 0 Å². The molecule has 2 rings (SSSR count). The van der Waals surface area contributed by atoms with Gasteiger partial charge in [-0.1, -0.05) is 29.8 Å². The van der Waals surface area contributed by atoms with Gasteiger partial charge in [-0.15, -0.1) is 9.24 Å². The molecule has 0 aliphatic heterocycles. The molecule has 0 bridgehead atoms. The summed E-state index contributed by atoms with van der Waals surface area (Å²) in [6.07, 6.45) is 0.0796. The van der Waals surface area contributed by atoms with Crippen LogP contribution in [0.1, 0.15) is 40.1 Å². The third kappa shape index (κ3) is 7.93. The third-order valence-electron chi connectivity index (χ3n) is 3.45. The fraction of sp³-hybridized carbons (Fsp3) is 0.300. The lowest BCUT2D eigenvalue weighted by atomic mass is 10.1. The summed E-state index contributed by atoms with van der Waals surface area (Å²) in [5.41, 5.74) is 1.50. The lowest BCUT2D eigenvalue weighted by Gasteiger charge is -2.07. The lowest BCUT2D eigenvalue weighted by Crippen LogP contribution is -2.13. The minimum atomic E-state index is -3.55. The lowest BCUT2D eigenvalue weighted by molar-refractivity contribution is 0.0479. The average Bonchev–Trinajstić information content (AvgIpc) is 2.69. The number of benzene rings is 2. The molecule has 0 amide bonds. The summed E-state index contributed by atoms with van der Waals surface area (Å²) in [5, 5.41) is 0. The molecule has 0 saturated heterocycles. The highest BCUT2D eigenvalue weighted by atomic mass is 32.2. The molecule has 0 fully saturated rings. The number of carbonyl (C=O) groups is 2. The van der Waals surface area contributed by atoms with Gasteiger partial charge >= 0.3 is 11.9 Å². The second-order valence-electron chi connectivity index (χ2n) is 5.54. The Balaban J connectivity index is 0.000000296. The highest BCUT2D eigenvalue weighted by Crippen LogP contribution is 2.14. The van der Waals surface area contributed by atoms with E-state index in [9.17, 15) is 18.0 Å². The first-order chi connectivity index (χ1) is 13.8. The van der Waals surface area contributed by atoms with Gasteiger partial charge in [-0.2, -0.15) is 8.42 Å². The first kappa shape index (κ1) is 24.8.